The zero-order chi connectivity index (χ0) is 13.2. The van der Waals surface area contributed by atoms with Crippen molar-refractivity contribution in [3.63, 3.8) is 0 Å². The van der Waals surface area contributed by atoms with Crippen molar-refractivity contribution in [1.29, 1.82) is 0 Å². The number of ketones is 1. The number of carbonyl (C=O) groups excluding carboxylic acids is 1. The predicted octanol–water partition coefficient (Wildman–Crippen LogP) is 3.79. The molecule has 0 heterocycles. The molecule has 1 aromatic carbocycles. The minimum atomic E-state index is 0.173. The maximum atomic E-state index is 12.2. The lowest BCUT2D eigenvalue weighted by atomic mass is 10.1. The molecular formula is C16H20ClNO. The summed E-state index contributed by atoms with van der Waals surface area (Å²) in [4.78, 5) is 14.7. The SMILES string of the molecule is O=C(CCN(CC1CC1)C1CC1)c1ccccc1Cl. The van der Waals surface area contributed by atoms with E-state index in [0.29, 0.717) is 17.0 Å². The summed E-state index contributed by atoms with van der Waals surface area (Å²) >= 11 is 6.07. The van der Waals surface area contributed by atoms with Gasteiger partial charge in [-0.2, -0.15) is 0 Å². The zero-order valence-corrected chi connectivity index (χ0v) is 11.9. The van der Waals surface area contributed by atoms with E-state index in [0.717, 1.165) is 18.5 Å². The van der Waals surface area contributed by atoms with E-state index in [-0.39, 0.29) is 5.78 Å². The molecule has 0 N–H and O–H groups in total. The van der Waals surface area contributed by atoms with E-state index in [2.05, 4.69) is 4.90 Å². The average Bonchev–Trinajstić information content (AvgIpc) is 3.27. The number of Topliss-reactive ketones (excluding diaryl/α,β-unsaturated/α-hetero) is 1. The van der Waals surface area contributed by atoms with Crippen LogP contribution in [0, 0.1) is 5.92 Å². The Bertz CT molecular complexity index is 466. The fraction of sp³-hybridized carbons (Fsp3) is 0.562. The van der Waals surface area contributed by atoms with Crippen LogP contribution >= 0.6 is 11.6 Å². The first-order valence-electron chi connectivity index (χ1n) is 7.26. The van der Waals surface area contributed by atoms with Gasteiger partial charge in [0.15, 0.2) is 5.78 Å². The lowest BCUT2D eigenvalue weighted by Crippen LogP contribution is -2.30. The standard InChI is InChI=1S/C16H20ClNO/c17-15-4-2-1-3-14(15)16(19)9-10-18(13-7-8-13)11-12-5-6-12/h1-4,12-13H,5-11H2. The van der Waals surface area contributed by atoms with E-state index in [1.54, 1.807) is 6.07 Å². The molecule has 1 aromatic rings. The van der Waals surface area contributed by atoms with Gasteiger partial charge in [-0.15, -0.1) is 0 Å². The monoisotopic (exact) mass is 277 g/mol. The van der Waals surface area contributed by atoms with Crippen molar-refractivity contribution >= 4 is 17.4 Å². The summed E-state index contributed by atoms with van der Waals surface area (Å²) in [6, 6.07) is 8.11. The van der Waals surface area contributed by atoms with Gasteiger partial charge in [-0.05, 0) is 43.7 Å². The van der Waals surface area contributed by atoms with Gasteiger partial charge in [-0.3, -0.25) is 9.69 Å². The Morgan fingerprint density at radius 2 is 1.95 bits per heavy atom. The molecule has 2 saturated carbocycles. The van der Waals surface area contributed by atoms with Crippen LogP contribution in [0.15, 0.2) is 24.3 Å². The minimum Gasteiger partial charge on any atom is -0.300 e. The number of carbonyl (C=O) groups is 1. The van der Waals surface area contributed by atoms with Gasteiger partial charge in [0.1, 0.15) is 0 Å². The van der Waals surface area contributed by atoms with E-state index in [1.165, 1.54) is 32.2 Å². The second-order valence-corrected chi connectivity index (χ2v) is 6.23. The number of benzene rings is 1. The summed E-state index contributed by atoms with van der Waals surface area (Å²) in [5.74, 6) is 1.07. The number of hydrogen-bond donors (Lipinski definition) is 0. The van der Waals surface area contributed by atoms with Crippen molar-refractivity contribution in [3.05, 3.63) is 34.9 Å². The van der Waals surface area contributed by atoms with E-state index in [9.17, 15) is 4.79 Å². The normalized spacial score (nSPS) is 18.8. The second kappa shape index (κ2) is 5.64. The van der Waals surface area contributed by atoms with Gasteiger partial charge in [-0.1, -0.05) is 23.7 Å². The Kier molecular flexibility index (Phi) is 3.90. The molecule has 2 aliphatic rings. The third-order valence-electron chi connectivity index (χ3n) is 4.05. The Morgan fingerprint density at radius 1 is 1.21 bits per heavy atom. The summed E-state index contributed by atoms with van der Waals surface area (Å²) in [5, 5.41) is 0.577. The molecule has 3 rings (SSSR count). The van der Waals surface area contributed by atoms with Crippen LogP contribution in [0.5, 0.6) is 0 Å². The predicted molar refractivity (Wildman–Crippen MR) is 77.7 cm³/mol. The summed E-state index contributed by atoms with van der Waals surface area (Å²) in [5.41, 5.74) is 0.673. The summed E-state index contributed by atoms with van der Waals surface area (Å²) in [7, 11) is 0. The van der Waals surface area contributed by atoms with Crippen LogP contribution in [0.2, 0.25) is 5.02 Å². The highest BCUT2D eigenvalue weighted by Gasteiger charge is 2.33. The fourth-order valence-electron chi connectivity index (χ4n) is 2.56. The Balaban J connectivity index is 1.55. The van der Waals surface area contributed by atoms with Crippen LogP contribution in [0.25, 0.3) is 0 Å². The highest BCUT2D eigenvalue weighted by molar-refractivity contribution is 6.33. The Hall–Kier alpha value is -0.860. The highest BCUT2D eigenvalue weighted by Crippen LogP contribution is 2.34. The van der Waals surface area contributed by atoms with Crippen molar-refractivity contribution < 1.29 is 4.79 Å². The third kappa shape index (κ3) is 3.58. The zero-order valence-electron chi connectivity index (χ0n) is 11.1. The molecule has 2 aliphatic carbocycles. The highest BCUT2D eigenvalue weighted by atomic mass is 35.5. The number of nitrogens with zero attached hydrogens (tertiary/aromatic N) is 1. The van der Waals surface area contributed by atoms with Gasteiger partial charge in [0, 0.05) is 31.1 Å². The van der Waals surface area contributed by atoms with Crippen molar-refractivity contribution in [2.75, 3.05) is 13.1 Å². The summed E-state index contributed by atoms with van der Waals surface area (Å²) < 4.78 is 0. The van der Waals surface area contributed by atoms with E-state index < -0.39 is 0 Å². The van der Waals surface area contributed by atoms with Crippen molar-refractivity contribution in [3.8, 4) is 0 Å². The van der Waals surface area contributed by atoms with Crippen LogP contribution in [0.3, 0.4) is 0 Å². The first kappa shape index (κ1) is 13.1. The lowest BCUT2D eigenvalue weighted by molar-refractivity contribution is 0.0961. The van der Waals surface area contributed by atoms with Crippen LogP contribution in [-0.4, -0.2) is 29.8 Å². The van der Waals surface area contributed by atoms with Gasteiger partial charge in [-0.25, -0.2) is 0 Å². The number of halogens is 1. The molecule has 0 aromatic heterocycles. The molecule has 3 heteroatoms. The summed E-state index contributed by atoms with van der Waals surface area (Å²) in [6.45, 7) is 2.09. The molecule has 0 atom stereocenters. The first-order valence-corrected chi connectivity index (χ1v) is 7.63. The summed E-state index contributed by atoms with van der Waals surface area (Å²) in [6.07, 6.45) is 5.97. The van der Waals surface area contributed by atoms with Crippen molar-refractivity contribution in [2.24, 2.45) is 5.92 Å². The number of rotatable bonds is 7. The van der Waals surface area contributed by atoms with E-state index in [4.69, 9.17) is 11.6 Å². The van der Waals surface area contributed by atoms with Crippen LogP contribution in [0.4, 0.5) is 0 Å². The van der Waals surface area contributed by atoms with Gasteiger partial charge < -0.3 is 0 Å². The molecule has 0 amide bonds. The Morgan fingerprint density at radius 3 is 2.58 bits per heavy atom. The Labute approximate surface area is 119 Å². The molecule has 0 bridgehead atoms. The molecule has 0 aliphatic heterocycles. The van der Waals surface area contributed by atoms with E-state index in [1.807, 2.05) is 18.2 Å². The quantitative estimate of drug-likeness (QED) is 0.707. The van der Waals surface area contributed by atoms with E-state index >= 15 is 0 Å². The maximum absolute atomic E-state index is 12.2. The average molecular weight is 278 g/mol. The molecule has 0 saturated heterocycles. The molecule has 2 fully saturated rings. The van der Waals surface area contributed by atoms with Crippen molar-refractivity contribution in [2.45, 2.75) is 38.1 Å². The second-order valence-electron chi connectivity index (χ2n) is 5.82. The lowest BCUT2D eigenvalue weighted by Gasteiger charge is -2.21. The topological polar surface area (TPSA) is 20.3 Å². The molecule has 0 radical (unpaired) electrons. The van der Waals surface area contributed by atoms with Crippen molar-refractivity contribution in [1.82, 2.24) is 4.90 Å². The minimum absolute atomic E-state index is 0.173. The molecule has 0 spiro atoms. The molecular weight excluding hydrogens is 258 g/mol. The molecule has 0 unspecified atom stereocenters. The van der Waals surface area contributed by atoms with Crippen LogP contribution < -0.4 is 0 Å². The maximum Gasteiger partial charge on any atom is 0.165 e. The first-order chi connectivity index (χ1) is 9.24. The van der Waals surface area contributed by atoms with Gasteiger partial charge in [0.2, 0.25) is 0 Å². The molecule has 19 heavy (non-hydrogen) atoms. The van der Waals surface area contributed by atoms with Crippen LogP contribution in [-0.2, 0) is 0 Å². The number of hydrogen-bond acceptors (Lipinski definition) is 2. The fourth-order valence-corrected chi connectivity index (χ4v) is 2.80. The molecule has 102 valence electrons. The smallest absolute Gasteiger partial charge is 0.165 e. The molecule has 2 nitrogen and oxygen atoms in total. The largest absolute Gasteiger partial charge is 0.300 e. The van der Waals surface area contributed by atoms with Gasteiger partial charge >= 0.3 is 0 Å². The van der Waals surface area contributed by atoms with Gasteiger partial charge in [0.05, 0.1) is 5.02 Å². The van der Waals surface area contributed by atoms with Gasteiger partial charge in [0.25, 0.3) is 0 Å². The van der Waals surface area contributed by atoms with Crippen LogP contribution in [0.1, 0.15) is 42.5 Å². The third-order valence-corrected chi connectivity index (χ3v) is 4.38.